The molecule has 0 aromatic heterocycles. The molecule has 1 atom stereocenters. The van der Waals surface area contributed by atoms with Crippen molar-refractivity contribution in [3.05, 3.63) is 106 Å². The highest BCUT2D eigenvalue weighted by Gasteiger charge is 2.45. The molecule has 39 heavy (non-hydrogen) atoms. The van der Waals surface area contributed by atoms with Gasteiger partial charge in [-0.3, -0.25) is 15.1 Å². The van der Waals surface area contributed by atoms with E-state index in [1.165, 1.54) is 23.1 Å². The number of benzene rings is 3. The number of ketones is 1. The van der Waals surface area contributed by atoms with Gasteiger partial charge in [0, 0.05) is 34.7 Å². The number of rotatable bonds is 3. The summed E-state index contributed by atoms with van der Waals surface area (Å²) in [6, 6.07) is 18.6. The van der Waals surface area contributed by atoms with E-state index in [0.717, 1.165) is 6.07 Å². The third kappa shape index (κ3) is 4.14. The number of hydrogen-bond donors (Lipinski definition) is 2. The summed E-state index contributed by atoms with van der Waals surface area (Å²) in [4.78, 5) is 14.8. The lowest BCUT2D eigenvalue weighted by Gasteiger charge is -2.42. The summed E-state index contributed by atoms with van der Waals surface area (Å²) < 4.78 is 53.4. The van der Waals surface area contributed by atoms with Gasteiger partial charge in [0.2, 0.25) is 6.79 Å². The number of halogens is 3. The molecule has 6 nitrogen and oxygen atoms in total. The summed E-state index contributed by atoms with van der Waals surface area (Å²) in [5, 5.41) is 20.9. The molecule has 2 heterocycles. The molecule has 0 radical (unpaired) electrons. The van der Waals surface area contributed by atoms with Crippen LogP contribution in [-0.2, 0) is 11.0 Å². The fourth-order valence-electron chi connectivity index (χ4n) is 5.54. The largest absolute Gasteiger partial charge is 0.507 e. The number of allylic oxidation sites excluding steroid dienone is 2. The molecule has 2 N–H and O–H groups in total. The summed E-state index contributed by atoms with van der Waals surface area (Å²) >= 11 is 0. The quantitative estimate of drug-likeness (QED) is 0.355. The fourth-order valence-corrected chi connectivity index (χ4v) is 5.54. The Morgan fingerprint density at radius 3 is 2.44 bits per heavy atom. The number of nitrogens with one attached hydrogen (secondary N) is 1. The molecule has 3 aromatic carbocycles. The first-order valence-electron chi connectivity index (χ1n) is 12.5. The van der Waals surface area contributed by atoms with Gasteiger partial charge in [-0.2, -0.15) is 13.2 Å². The maximum Gasteiger partial charge on any atom is 0.418 e. The van der Waals surface area contributed by atoms with E-state index in [2.05, 4.69) is 0 Å². The van der Waals surface area contributed by atoms with Crippen molar-refractivity contribution in [2.24, 2.45) is 0 Å². The first kappa shape index (κ1) is 24.8. The number of fused-ring (bicyclic) bond motifs is 1. The van der Waals surface area contributed by atoms with Crippen molar-refractivity contribution >= 4 is 23.1 Å². The lowest BCUT2D eigenvalue weighted by atomic mass is 9.73. The normalized spacial score (nSPS) is 20.3. The van der Waals surface area contributed by atoms with Gasteiger partial charge in [0.25, 0.3) is 0 Å². The molecule has 0 bridgehead atoms. The third-order valence-corrected chi connectivity index (χ3v) is 7.24. The van der Waals surface area contributed by atoms with Crippen molar-refractivity contribution in [2.45, 2.75) is 31.4 Å². The van der Waals surface area contributed by atoms with E-state index in [1.807, 2.05) is 0 Å². The average Bonchev–Trinajstić information content (AvgIpc) is 3.40. The van der Waals surface area contributed by atoms with Crippen LogP contribution < -0.4 is 14.4 Å². The standard InChI is InChI=1S/C30H23F3N2O4/c31-30(32,33)19-9-4-5-10-20(19)35-21-11-6-12-22(36)26(21)25(18-13-14-23-24(15-18)39-16-38-23)27(29(35)34)28(37)17-7-2-1-3-8-17/h1-5,7-10,13-15,25,34,37H,6,11-12,16H2/b28-27+,34-29?/t25-/m0/s1. The zero-order valence-corrected chi connectivity index (χ0v) is 20.6. The number of carbonyl (C=O) groups is 1. The highest BCUT2D eigenvalue weighted by molar-refractivity contribution is 6.20. The second kappa shape index (κ2) is 9.34. The number of hydrogen-bond acceptors (Lipinski definition) is 5. The van der Waals surface area contributed by atoms with Gasteiger partial charge in [0.15, 0.2) is 17.3 Å². The van der Waals surface area contributed by atoms with Crippen LogP contribution in [0.1, 0.15) is 41.9 Å². The predicted octanol–water partition coefficient (Wildman–Crippen LogP) is 6.99. The molecule has 0 saturated carbocycles. The van der Waals surface area contributed by atoms with Gasteiger partial charge in [-0.25, -0.2) is 0 Å². The van der Waals surface area contributed by atoms with Crippen molar-refractivity contribution in [1.29, 1.82) is 5.41 Å². The number of amidine groups is 1. The van der Waals surface area contributed by atoms with E-state index < -0.39 is 17.7 Å². The third-order valence-electron chi connectivity index (χ3n) is 7.24. The summed E-state index contributed by atoms with van der Waals surface area (Å²) in [7, 11) is 0. The van der Waals surface area contributed by atoms with Gasteiger partial charge in [-0.1, -0.05) is 48.5 Å². The second-order valence-electron chi connectivity index (χ2n) is 9.51. The monoisotopic (exact) mass is 532 g/mol. The molecule has 0 fully saturated rings. The van der Waals surface area contributed by atoms with E-state index in [4.69, 9.17) is 9.47 Å². The van der Waals surface area contributed by atoms with Crippen molar-refractivity contribution in [3.63, 3.8) is 0 Å². The van der Waals surface area contributed by atoms with E-state index in [0.29, 0.717) is 41.2 Å². The molecule has 198 valence electrons. The molecule has 6 rings (SSSR count). The topological polar surface area (TPSA) is 82.9 Å². The van der Waals surface area contributed by atoms with Crippen LogP contribution in [-0.4, -0.2) is 23.5 Å². The lowest BCUT2D eigenvalue weighted by molar-refractivity contribution is -0.137. The second-order valence-corrected chi connectivity index (χ2v) is 9.51. The summed E-state index contributed by atoms with van der Waals surface area (Å²) in [6.45, 7) is 0.0338. The smallest absolute Gasteiger partial charge is 0.418 e. The van der Waals surface area contributed by atoms with Crippen molar-refractivity contribution in [1.82, 2.24) is 0 Å². The predicted molar refractivity (Wildman–Crippen MR) is 139 cm³/mol. The lowest BCUT2D eigenvalue weighted by Crippen LogP contribution is -2.43. The molecule has 0 spiro atoms. The molecular formula is C30H23F3N2O4. The number of aliphatic hydroxyl groups is 1. The van der Waals surface area contributed by atoms with Crippen LogP contribution in [0.15, 0.2) is 89.6 Å². The molecule has 0 amide bonds. The van der Waals surface area contributed by atoms with E-state index in [9.17, 15) is 28.5 Å². The van der Waals surface area contributed by atoms with Crippen LogP contribution in [0.4, 0.5) is 18.9 Å². The number of ether oxygens (including phenoxy) is 2. The molecule has 1 aliphatic carbocycles. The van der Waals surface area contributed by atoms with Crippen LogP contribution in [0.3, 0.4) is 0 Å². The maximum absolute atomic E-state index is 14.2. The molecule has 9 heteroatoms. The van der Waals surface area contributed by atoms with E-state index in [-0.39, 0.29) is 47.4 Å². The number of anilines is 1. The number of carbonyl (C=O) groups excluding carboxylic acids is 1. The number of alkyl halides is 3. The van der Waals surface area contributed by atoms with Gasteiger partial charge in [-0.15, -0.1) is 0 Å². The Bertz CT molecular complexity index is 1560. The molecule has 3 aromatic rings. The Labute approximate surface area is 222 Å². The number of nitrogens with zero attached hydrogens (tertiary/aromatic N) is 1. The van der Waals surface area contributed by atoms with Gasteiger partial charge >= 0.3 is 6.18 Å². The van der Waals surface area contributed by atoms with Crippen LogP contribution >= 0.6 is 0 Å². The minimum absolute atomic E-state index is 0.0334. The first-order chi connectivity index (χ1) is 18.8. The van der Waals surface area contributed by atoms with E-state index in [1.54, 1.807) is 48.5 Å². The SMILES string of the molecule is N=C1/C(=C(/O)c2ccccc2)[C@@H](c2ccc3c(c2)OCO3)C2=C(CCCC2=O)N1c1ccccc1C(F)(F)F. The summed E-state index contributed by atoms with van der Waals surface area (Å²) in [5.74, 6) is -0.782. The van der Waals surface area contributed by atoms with Crippen LogP contribution in [0.25, 0.3) is 5.76 Å². The van der Waals surface area contributed by atoms with Crippen LogP contribution in [0, 0.1) is 5.41 Å². The van der Waals surface area contributed by atoms with Gasteiger partial charge < -0.3 is 14.6 Å². The van der Waals surface area contributed by atoms with Gasteiger partial charge in [0.1, 0.15) is 11.6 Å². The molecule has 0 saturated heterocycles. The molecule has 2 aliphatic heterocycles. The minimum Gasteiger partial charge on any atom is -0.507 e. The van der Waals surface area contributed by atoms with Gasteiger partial charge in [0.05, 0.1) is 11.3 Å². The molecule has 0 unspecified atom stereocenters. The summed E-state index contributed by atoms with van der Waals surface area (Å²) in [6.07, 6.45) is -3.75. The summed E-state index contributed by atoms with van der Waals surface area (Å²) in [5.41, 5.74) is 0.378. The Morgan fingerprint density at radius 1 is 0.949 bits per heavy atom. The Balaban J connectivity index is 1.67. The fraction of sp³-hybridized carbons (Fsp3) is 0.200. The Kier molecular flexibility index (Phi) is 5.94. The zero-order chi connectivity index (χ0) is 27.3. The Hall–Kier alpha value is -4.53. The van der Waals surface area contributed by atoms with Crippen molar-refractivity contribution < 1.29 is 32.5 Å². The molecular weight excluding hydrogens is 509 g/mol. The van der Waals surface area contributed by atoms with E-state index >= 15 is 0 Å². The minimum atomic E-state index is -4.70. The first-order valence-corrected chi connectivity index (χ1v) is 12.5. The number of para-hydroxylation sites is 1. The maximum atomic E-state index is 14.2. The molecule has 3 aliphatic rings. The van der Waals surface area contributed by atoms with Crippen LogP contribution in [0.5, 0.6) is 11.5 Å². The van der Waals surface area contributed by atoms with Crippen LogP contribution in [0.2, 0.25) is 0 Å². The number of aliphatic hydroxyl groups excluding tert-OH is 1. The van der Waals surface area contributed by atoms with Crippen molar-refractivity contribution in [2.75, 3.05) is 11.7 Å². The highest BCUT2D eigenvalue weighted by atomic mass is 19.4. The zero-order valence-electron chi connectivity index (χ0n) is 20.6. The highest BCUT2D eigenvalue weighted by Crippen LogP contribution is 2.50. The van der Waals surface area contributed by atoms with Gasteiger partial charge in [-0.05, 0) is 42.7 Å². The van der Waals surface area contributed by atoms with Crippen molar-refractivity contribution in [3.8, 4) is 11.5 Å². The Morgan fingerprint density at radius 2 is 1.67 bits per heavy atom. The average molecular weight is 533 g/mol. The number of Topliss-reactive ketones (excluding diaryl/α,β-unsaturated/α-hetero) is 1.